The highest BCUT2D eigenvalue weighted by molar-refractivity contribution is 5.80. The second-order valence-corrected chi connectivity index (χ2v) is 8.10. The Hall–Kier alpha value is -3.43. The van der Waals surface area contributed by atoms with E-state index in [2.05, 4.69) is 17.4 Å². The number of carboxylic acid groups (broad SMARTS) is 1. The average molecular weight is 454 g/mol. The van der Waals surface area contributed by atoms with Crippen molar-refractivity contribution in [3.05, 3.63) is 59.7 Å². The van der Waals surface area contributed by atoms with Gasteiger partial charge in [-0.1, -0.05) is 48.5 Å². The minimum absolute atomic E-state index is 0.0688. The van der Waals surface area contributed by atoms with Crippen molar-refractivity contribution in [1.29, 1.82) is 0 Å². The number of hydrogen-bond donors (Lipinski definition) is 3. The largest absolute Gasteiger partial charge is 0.479 e. The first-order valence-electron chi connectivity index (χ1n) is 10.8. The van der Waals surface area contributed by atoms with Crippen LogP contribution in [0.3, 0.4) is 0 Å². The van der Waals surface area contributed by atoms with Crippen molar-refractivity contribution in [1.82, 2.24) is 10.2 Å². The van der Waals surface area contributed by atoms with Crippen LogP contribution in [-0.2, 0) is 19.1 Å². The van der Waals surface area contributed by atoms with E-state index in [0.717, 1.165) is 22.3 Å². The lowest BCUT2D eigenvalue weighted by molar-refractivity contribution is -0.159. The Bertz CT molecular complexity index is 995. The summed E-state index contributed by atoms with van der Waals surface area (Å²) in [6, 6.07) is 16.0. The fourth-order valence-corrected chi connectivity index (χ4v) is 4.28. The molecule has 1 aliphatic carbocycles. The Balaban J connectivity index is 1.25. The number of nitrogens with one attached hydrogen (secondary N) is 1. The molecule has 4 rings (SSSR count). The number of alkyl carbamates (subject to hydrolysis) is 1. The summed E-state index contributed by atoms with van der Waals surface area (Å²) in [5.74, 6) is -1.60. The minimum Gasteiger partial charge on any atom is -0.479 e. The summed E-state index contributed by atoms with van der Waals surface area (Å²) in [5.41, 5.74) is 4.46. The number of aliphatic hydroxyl groups excluding tert-OH is 1. The molecule has 2 aromatic rings. The van der Waals surface area contributed by atoms with Crippen LogP contribution < -0.4 is 5.32 Å². The van der Waals surface area contributed by atoms with Crippen molar-refractivity contribution in [3.63, 3.8) is 0 Å². The number of rotatable bonds is 7. The summed E-state index contributed by atoms with van der Waals surface area (Å²) >= 11 is 0. The number of nitrogens with zero attached hydrogens (tertiary/aromatic N) is 1. The first-order valence-corrected chi connectivity index (χ1v) is 10.8. The van der Waals surface area contributed by atoms with E-state index in [9.17, 15) is 19.5 Å². The molecule has 9 heteroatoms. The minimum atomic E-state index is -1.13. The topological polar surface area (TPSA) is 125 Å². The van der Waals surface area contributed by atoms with Gasteiger partial charge in [0.25, 0.3) is 0 Å². The Labute approximate surface area is 190 Å². The van der Waals surface area contributed by atoms with Crippen molar-refractivity contribution in [2.45, 2.75) is 24.5 Å². The van der Waals surface area contributed by atoms with Crippen LogP contribution in [0.1, 0.15) is 23.5 Å². The first-order chi connectivity index (χ1) is 15.9. The molecular weight excluding hydrogens is 428 g/mol. The molecule has 0 radical (unpaired) electrons. The standard InChI is InChI=1S/C24H26N2O7/c27-15(11-22(28)26-9-10-32-21(13-26)23(29)30)12-25-24(31)33-14-20-18-7-3-1-5-16(18)17-6-2-4-8-19(17)20/h1-8,15,20-21,27H,9-14H2,(H,25,31)(H,29,30). The molecule has 1 heterocycles. The number of ether oxygens (including phenoxy) is 2. The third kappa shape index (κ3) is 5.15. The number of amides is 2. The predicted octanol–water partition coefficient (Wildman–Crippen LogP) is 1.59. The third-order valence-corrected chi connectivity index (χ3v) is 5.93. The highest BCUT2D eigenvalue weighted by Gasteiger charge is 2.31. The highest BCUT2D eigenvalue weighted by atomic mass is 16.5. The zero-order valence-electron chi connectivity index (χ0n) is 18.0. The van der Waals surface area contributed by atoms with E-state index < -0.39 is 30.2 Å². The number of carbonyl (C=O) groups is 3. The van der Waals surface area contributed by atoms with Gasteiger partial charge in [0.15, 0.2) is 6.10 Å². The van der Waals surface area contributed by atoms with Gasteiger partial charge >= 0.3 is 12.1 Å². The van der Waals surface area contributed by atoms with Gasteiger partial charge in [-0.15, -0.1) is 0 Å². The van der Waals surface area contributed by atoms with Gasteiger partial charge in [0, 0.05) is 19.0 Å². The van der Waals surface area contributed by atoms with E-state index in [-0.39, 0.29) is 45.2 Å². The number of carbonyl (C=O) groups excluding carboxylic acids is 2. The van der Waals surface area contributed by atoms with E-state index in [4.69, 9.17) is 14.6 Å². The molecule has 1 aliphatic heterocycles. The summed E-state index contributed by atoms with van der Waals surface area (Å²) < 4.78 is 10.5. The molecule has 2 aliphatic rings. The van der Waals surface area contributed by atoms with Gasteiger partial charge in [-0.25, -0.2) is 9.59 Å². The number of aliphatic carboxylic acids is 1. The van der Waals surface area contributed by atoms with Gasteiger partial charge in [-0.05, 0) is 22.3 Å². The number of morpholine rings is 1. The van der Waals surface area contributed by atoms with Crippen LogP contribution in [0.2, 0.25) is 0 Å². The monoisotopic (exact) mass is 454 g/mol. The van der Waals surface area contributed by atoms with E-state index in [1.165, 1.54) is 4.90 Å². The number of benzene rings is 2. The maximum atomic E-state index is 12.3. The van der Waals surface area contributed by atoms with Crippen molar-refractivity contribution in [3.8, 4) is 11.1 Å². The molecule has 2 unspecified atom stereocenters. The molecule has 2 atom stereocenters. The van der Waals surface area contributed by atoms with Gasteiger partial charge in [0.1, 0.15) is 6.61 Å². The van der Waals surface area contributed by atoms with Crippen molar-refractivity contribution in [2.75, 3.05) is 32.8 Å². The maximum absolute atomic E-state index is 12.3. The summed E-state index contributed by atoms with van der Waals surface area (Å²) in [6.45, 7) is 0.307. The SMILES string of the molecule is O=C(NCC(O)CC(=O)N1CCOC(C(=O)O)C1)OCC1c2ccccc2-c2ccccc21. The number of fused-ring (bicyclic) bond motifs is 3. The van der Waals surface area contributed by atoms with Crippen LogP contribution in [0.15, 0.2) is 48.5 Å². The van der Waals surface area contributed by atoms with E-state index >= 15 is 0 Å². The molecule has 2 amide bonds. The number of aliphatic hydroxyl groups is 1. The number of carboxylic acids is 1. The molecule has 0 spiro atoms. The number of hydrogen-bond acceptors (Lipinski definition) is 6. The van der Waals surface area contributed by atoms with Crippen LogP contribution in [-0.4, -0.2) is 78.1 Å². The molecule has 0 bridgehead atoms. The lowest BCUT2D eigenvalue weighted by atomic mass is 9.98. The molecule has 0 aromatic heterocycles. The summed E-state index contributed by atoms with van der Waals surface area (Å²) in [7, 11) is 0. The van der Waals surface area contributed by atoms with Crippen LogP contribution in [0, 0.1) is 0 Å². The first kappa shape index (κ1) is 22.8. The normalized spacial score (nSPS) is 18.2. The molecule has 33 heavy (non-hydrogen) atoms. The van der Waals surface area contributed by atoms with Gasteiger partial charge < -0.3 is 29.9 Å². The molecule has 1 saturated heterocycles. The second kappa shape index (κ2) is 10.0. The fraction of sp³-hybridized carbons (Fsp3) is 0.375. The van der Waals surface area contributed by atoms with Crippen LogP contribution in [0.4, 0.5) is 4.79 Å². The van der Waals surface area contributed by atoms with Crippen LogP contribution >= 0.6 is 0 Å². The Morgan fingerprint density at radius 2 is 1.73 bits per heavy atom. The van der Waals surface area contributed by atoms with E-state index in [0.29, 0.717) is 0 Å². The zero-order valence-corrected chi connectivity index (χ0v) is 18.0. The molecule has 9 nitrogen and oxygen atoms in total. The Morgan fingerprint density at radius 3 is 2.36 bits per heavy atom. The fourth-order valence-electron chi connectivity index (χ4n) is 4.28. The van der Waals surface area contributed by atoms with Crippen molar-refractivity contribution >= 4 is 18.0 Å². The molecule has 3 N–H and O–H groups in total. The maximum Gasteiger partial charge on any atom is 0.407 e. The second-order valence-electron chi connectivity index (χ2n) is 8.10. The Morgan fingerprint density at radius 1 is 1.09 bits per heavy atom. The zero-order chi connectivity index (χ0) is 23.4. The summed E-state index contributed by atoms with van der Waals surface area (Å²) in [6.07, 6.45) is -3.11. The van der Waals surface area contributed by atoms with Crippen molar-refractivity contribution < 1.29 is 34.1 Å². The average Bonchev–Trinajstić information content (AvgIpc) is 3.15. The molecule has 174 valence electrons. The van der Waals surface area contributed by atoms with E-state index in [1.807, 2.05) is 36.4 Å². The third-order valence-electron chi connectivity index (χ3n) is 5.93. The molecule has 1 fully saturated rings. The van der Waals surface area contributed by atoms with E-state index in [1.54, 1.807) is 0 Å². The smallest absolute Gasteiger partial charge is 0.407 e. The van der Waals surface area contributed by atoms with Crippen molar-refractivity contribution in [2.24, 2.45) is 0 Å². The predicted molar refractivity (Wildman–Crippen MR) is 118 cm³/mol. The lowest BCUT2D eigenvalue weighted by Gasteiger charge is -2.31. The van der Waals surface area contributed by atoms with Gasteiger partial charge in [-0.3, -0.25) is 4.79 Å². The van der Waals surface area contributed by atoms with Crippen LogP contribution in [0.5, 0.6) is 0 Å². The lowest BCUT2D eigenvalue weighted by Crippen LogP contribution is -2.49. The van der Waals surface area contributed by atoms with Gasteiger partial charge in [0.05, 0.1) is 25.7 Å². The molecule has 0 saturated carbocycles. The molecule has 2 aromatic carbocycles. The van der Waals surface area contributed by atoms with Gasteiger partial charge in [0.2, 0.25) is 5.91 Å². The summed E-state index contributed by atoms with van der Waals surface area (Å²) in [5, 5.41) is 21.7. The van der Waals surface area contributed by atoms with Gasteiger partial charge in [-0.2, -0.15) is 0 Å². The quantitative estimate of drug-likeness (QED) is 0.580. The Kier molecular flexibility index (Phi) is 6.90. The highest BCUT2D eigenvalue weighted by Crippen LogP contribution is 2.44. The summed E-state index contributed by atoms with van der Waals surface area (Å²) in [4.78, 5) is 36.9. The van der Waals surface area contributed by atoms with Crippen LogP contribution in [0.25, 0.3) is 11.1 Å². The molecular formula is C24H26N2O7.